The van der Waals surface area contributed by atoms with Crippen molar-refractivity contribution in [3.8, 4) is 0 Å². The second-order valence-electron chi connectivity index (χ2n) is 6.94. The van der Waals surface area contributed by atoms with Gasteiger partial charge >= 0.3 is 0 Å². The van der Waals surface area contributed by atoms with Gasteiger partial charge in [-0.15, -0.1) is 35.3 Å². The van der Waals surface area contributed by atoms with Gasteiger partial charge in [-0.1, -0.05) is 20.8 Å². The summed E-state index contributed by atoms with van der Waals surface area (Å²) in [5.74, 6) is 2.59. The normalized spacial score (nSPS) is 13.3. The summed E-state index contributed by atoms with van der Waals surface area (Å²) in [4.78, 5) is 8.99. The Morgan fingerprint density at radius 1 is 1.36 bits per heavy atom. The van der Waals surface area contributed by atoms with E-state index in [1.807, 2.05) is 19.1 Å². The van der Waals surface area contributed by atoms with Crippen molar-refractivity contribution in [1.82, 2.24) is 15.6 Å². The molecule has 7 heteroatoms. The smallest absolute Gasteiger partial charge is 0.191 e. The Morgan fingerprint density at radius 2 is 2.08 bits per heavy atom. The Hall–Kier alpha value is -1.09. The first-order valence-corrected chi connectivity index (χ1v) is 9.16. The highest BCUT2D eigenvalue weighted by Crippen LogP contribution is 2.23. The zero-order chi connectivity index (χ0) is 17.7. The first-order chi connectivity index (χ1) is 11.3. The van der Waals surface area contributed by atoms with Gasteiger partial charge in [0.05, 0.1) is 16.7 Å². The molecule has 2 aromatic heterocycles. The summed E-state index contributed by atoms with van der Waals surface area (Å²) in [5, 5.41) is 9.98. The Balaban J connectivity index is 0.00000312. The highest BCUT2D eigenvalue weighted by atomic mass is 127. The molecule has 0 amide bonds. The minimum Gasteiger partial charge on any atom is -0.464 e. The minimum atomic E-state index is 0. The van der Waals surface area contributed by atoms with Gasteiger partial charge in [0.15, 0.2) is 5.96 Å². The number of nitrogens with zero attached hydrogens (tertiary/aromatic N) is 2. The molecule has 140 valence electrons. The SMILES string of the molecule is CN=C(NCCc1nc(C(C)(C)C)cs1)NC(C)c1ccc(C)o1.I. The average molecular weight is 476 g/mol. The van der Waals surface area contributed by atoms with Crippen molar-refractivity contribution in [2.45, 2.75) is 52.5 Å². The van der Waals surface area contributed by atoms with Crippen molar-refractivity contribution < 1.29 is 4.42 Å². The van der Waals surface area contributed by atoms with Gasteiger partial charge in [-0.3, -0.25) is 4.99 Å². The van der Waals surface area contributed by atoms with Crippen LogP contribution >= 0.6 is 35.3 Å². The second-order valence-corrected chi connectivity index (χ2v) is 7.88. The number of aliphatic imine (C=N–C) groups is 1. The molecular weight excluding hydrogens is 447 g/mol. The lowest BCUT2D eigenvalue weighted by atomic mass is 9.93. The molecule has 1 unspecified atom stereocenters. The van der Waals surface area contributed by atoms with Gasteiger partial charge < -0.3 is 15.1 Å². The van der Waals surface area contributed by atoms with Gasteiger partial charge in [-0.2, -0.15) is 0 Å². The number of thiazole rings is 1. The van der Waals surface area contributed by atoms with Crippen LogP contribution < -0.4 is 10.6 Å². The van der Waals surface area contributed by atoms with E-state index < -0.39 is 0 Å². The number of guanidine groups is 1. The number of hydrogen-bond acceptors (Lipinski definition) is 4. The molecule has 2 rings (SSSR count). The minimum absolute atomic E-state index is 0. The lowest BCUT2D eigenvalue weighted by Crippen LogP contribution is -2.39. The molecule has 0 saturated carbocycles. The molecular formula is C18H29IN4OS. The predicted octanol–water partition coefficient (Wildman–Crippen LogP) is 4.43. The number of furan rings is 1. The lowest BCUT2D eigenvalue weighted by molar-refractivity contribution is 0.441. The van der Waals surface area contributed by atoms with E-state index >= 15 is 0 Å². The summed E-state index contributed by atoms with van der Waals surface area (Å²) < 4.78 is 5.65. The van der Waals surface area contributed by atoms with Crippen LogP contribution in [0.3, 0.4) is 0 Å². The van der Waals surface area contributed by atoms with E-state index in [1.165, 1.54) is 0 Å². The van der Waals surface area contributed by atoms with Crippen molar-refractivity contribution in [2.75, 3.05) is 13.6 Å². The van der Waals surface area contributed by atoms with E-state index in [1.54, 1.807) is 18.4 Å². The summed E-state index contributed by atoms with van der Waals surface area (Å²) in [6.45, 7) is 11.4. The molecule has 0 saturated heterocycles. The Kier molecular flexibility index (Phi) is 8.40. The van der Waals surface area contributed by atoms with Crippen LogP contribution in [-0.2, 0) is 11.8 Å². The molecule has 0 aliphatic carbocycles. The van der Waals surface area contributed by atoms with Crippen LogP contribution in [0, 0.1) is 6.92 Å². The number of hydrogen-bond donors (Lipinski definition) is 2. The molecule has 0 spiro atoms. The molecule has 2 heterocycles. The molecule has 25 heavy (non-hydrogen) atoms. The maximum atomic E-state index is 5.65. The molecule has 0 aliphatic heterocycles. The number of aryl methyl sites for hydroxylation is 1. The van der Waals surface area contributed by atoms with Gasteiger partial charge in [0, 0.05) is 30.8 Å². The first kappa shape index (κ1) is 22.0. The Bertz CT molecular complexity index is 687. The largest absolute Gasteiger partial charge is 0.464 e. The summed E-state index contributed by atoms with van der Waals surface area (Å²) in [5.41, 5.74) is 1.27. The van der Waals surface area contributed by atoms with Gasteiger partial charge in [-0.25, -0.2) is 4.98 Å². The lowest BCUT2D eigenvalue weighted by Gasteiger charge is -2.16. The third kappa shape index (κ3) is 6.62. The van der Waals surface area contributed by atoms with Crippen LogP contribution in [-0.4, -0.2) is 24.5 Å². The van der Waals surface area contributed by atoms with Crippen LogP contribution in [0.1, 0.15) is 56.0 Å². The van der Waals surface area contributed by atoms with Crippen LogP contribution in [0.5, 0.6) is 0 Å². The molecule has 0 bridgehead atoms. The van der Waals surface area contributed by atoms with Crippen molar-refractivity contribution >= 4 is 41.3 Å². The second kappa shape index (κ2) is 9.56. The Labute approximate surface area is 171 Å². The third-order valence-electron chi connectivity index (χ3n) is 3.72. The van der Waals surface area contributed by atoms with Crippen molar-refractivity contribution in [2.24, 2.45) is 4.99 Å². The van der Waals surface area contributed by atoms with Crippen molar-refractivity contribution in [1.29, 1.82) is 0 Å². The van der Waals surface area contributed by atoms with Crippen LogP contribution in [0.4, 0.5) is 0 Å². The number of nitrogens with one attached hydrogen (secondary N) is 2. The summed E-state index contributed by atoms with van der Waals surface area (Å²) in [6.07, 6.45) is 0.885. The maximum Gasteiger partial charge on any atom is 0.191 e. The standard InChI is InChI=1S/C18H28N4OS.HI/c1-12-7-8-14(23-12)13(2)21-17(19-6)20-10-9-16-22-15(11-24-16)18(3,4)5;/h7-8,11,13H,9-10H2,1-6H3,(H2,19,20,21);1H. The summed E-state index contributed by atoms with van der Waals surface area (Å²) >= 11 is 1.72. The Morgan fingerprint density at radius 3 is 2.60 bits per heavy atom. The van der Waals surface area contributed by atoms with Crippen LogP contribution in [0.25, 0.3) is 0 Å². The van der Waals surface area contributed by atoms with Gasteiger partial charge in [0.25, 0.3) is 0 Å². The van der Waals surface area contributed by atoms with E-state index in [4.69, 9.17) is 9.40 Å². The van der Waals surface area contributed by atoms with E-state index in [2.05, 4.69) is 48.7 Å². The van der Waals surface area contributed by atoms with Gasteiger partial charge in [-0.05, 0) is 26.0 Å². The van der Waals surface area contributed by atoms with Crippen LogP contribution in [0.2, 0.25) is 0 Å². The fraction of sp³-hybridized carbons (Fsp3) is 0.556. The van der Waals surface area contributed by atoms with E-state index in [9.17, 15) is 0 Å². The van der Waals surface area contributed by atoms with E-state index in [0.29, 0.717) is 0 Å². The first-order valence-electron chi connectivity index (χ1n) is 8.28. The maximum absolute atomic E-state index is 5.65. The van der Waals surface area contributed by atoms with Crippen molar-refractivity contribution in [3.05, 3.63) is 39.7 Å². The summed E-state index contributed by atoms with van der Waals surface area (Å²) in [7, 11) is 1.77. The molecule has 0 fully saturated rings. The topological polar surface area (TPSA) is 62.5 Å². The molecule has 0 aliphatic rings. The molecule has 1 atom stereocenters. The fourth-order valence-electron chi connectivity index (χ4n) is 2.22. The number of rotatable bonds is 5. The number of aromatic nitrogens is 1. The molecule has 5 nitrogen and oxygen atoms in total. The average Bonchev–Trinajstić information content (AvgIpc) is 3.14. The van der Waals surface area contributed by atoms with Crippen molar-refractivity contribution in [3.63, 3.8) is 0 Å². The zero-order valence-corrected chi connectivity index (χ0v) is 19.0. The van der Waals surface area contributed by atoms with Gasteiger partial charge in [0.1, 0.15) is 11.5 Å². The molecule has 2 aromatic rings. The van der Waals surface area contributed by atoms with E-state index in [0.717, 1.165) is 41.1 Å². The highest BCUT2D eigenvalue weighted by Gasteiger charge is 2.17. The molecule has 0 aromatic carbocycles. The third-order valence-corrected chi connectivity index (χ3v) is 4.62. The zero-order valence-electron chi connectivity index (χ0n) is 15.8. The van der Waals surface area contributed by atoms with E-state index in [-0.39, 0.29) is 35.4 Å². The van der Waals surface area contributed by atoms with Gasteiger partial charge in [0.2, 0.25) is 0 Å². The molecule has 2 N–H and O–H groups in total. The van der Waals surface area contributed by atoms with Crippen LogP contribution in [0.15, 0.2) is 26.9 Å². The monoisotopic (exact) mass is 476 g/mol. The quantitative estimate of drug-likeness (QED) is 0.381. The highest BCUT2D eigenvalue weighted by molar-refractivity contribution is 14.0. The molecule has 0 radical (unpaired) electrons. The number of halogens is 1. The fourth-order valence-corrected chi connectivity index (χ4v) is 3.24. The summed E-state index contributed by atoms with van der Waals surface area (Å²) in [6, 6.07) is 4.03. The predicted molar refractivity (Wildman–Crippen MR) is 116 cm³/mol.